The van der Waals surface area contributed by atoms with Crippen LogP contribution < -0.4 is 4.90 Å². The molecule has 0 aromatic heterocycles. The van der Waals surface area contributed by atoms with Gasteiger partial charge in [0.05, 0.1) is 0 Å². The van der Waals surface area contributed by atoms with Crippen LogP contribution in [0.2, 0.25) is 0 Å². The average molecular weight is 516 g/mol. The zero-order chi connectivity index (χ0) is 39.3. The molecule has 0 radical (unpaired) electrons. The van der Waals surface area contributed by atoms with Crippen molar-refractivity contribution >= 4 is 11.4 Å². The highest BCUT2D eigenvalue weighted by atomic mass is 15.2. The molecule has 0 unspecified atom stereocenters. The van der Waals surface area contributed by atoms with E-state index in [2.05, 4.69) is 0 Å². The lowest BCUT2D eigenvalue weighted by Crippen LogP contribution is -2.40. The summed E-state index contributed by atoms with van der Waals surface area (Å²) in [6.07, 6.45) is 0. The fraction of sp³-hybridized carbons (Fsp3) is 0.351. The normalized spacial score (nSPS) is 21.4. The monoisotopic (exact) mass is 515 g/mol. The Hall–Kier alpha value is -3.32. The second kappa shape index (κ2) is 9.45. The Morgan fingerprint density at radius 2 is 1.37 bits per heavy atom. The Morgan fingerprint density at radius 3 is 2.05 bits per heavy atom. The topological polar surface area (TPSA) is 3.24 Å². The summed E-state index contributed by atoms with van der Waals surface area (Å²) in [5, 5.41) is 0. The zero-order valence-electron chi connectivity index (χ0n) is 36.5. The van der Waals surface area contributed by atoms with Crippen molar-refractivity contribution in [3.8, 4) is 22.3 Å². The van der Waals surface area contributed by atoms with E-state index in [1.165, 1.54) is 12.1 Å². The average Bonchev–Trinajstić information content (AvgIpc) is 3.24. The number of anilines is 2. The van der Waals surface area contributed by atoms with Crippen LogP contribution in [0, 0.1) is 0 Å². The Kier molecular flexibility index (Phi) is 3.53. The molecule has 1 nitrogen and oxygen atoms in total. The number of benzene rings is 4. The van der Waals surface area contributed by atoms with E-state index in [1.807, 2.05) is 38.1 Å². The molecule has 1 heteroatoms. The van der Waals surface area contributed by atoms with Crippen molar-refractivity contribution in [1.29, 1.82) is 0 Å². The summed E-state index contributed by atoms with van der Waals surface area (Å²) < 4.78 is 122. The van der Waals surface area contributed by atoms with Gasteiger partial charge in [0.2, 0.25) is 0 Å². The van der Waals surface area contributed by atoms with Gasteiger partial charge in [-0.15, -0.1) is 0 Å². The summed E-state index contributed by atoms with van der Waals surface area (Å²) in [4.78, 5) is 1.57. The fourth-order valence-electron chi connectivity index (χ4n) is 5.94. The quantitative estimate of drug-likeness (QED) is 0.255. The molecule has 0 spiro atoms. The first-order chi connectivity index (χ1) is 23.5. The van der Waals surface area contributed by atoms with E-state index in [1.54, 1.807) is 74.2 Å². The van der Waals surface area contributed by atoms with E-state index in [0.29, 0.717) is 16.7 Å². The third-order valence-corrected chi connectivity index (χ3v) is 7.48. The van der Waals surface area contributed by atoms with E-state index in [9.17, 15) is 2.74 Å². The Morgan fingerprint density at radius 1 is 0.711 bits per heavy atom. The lowest BCUT2D eigenvalue weighted by molar-refractivity contribution is 0.547. The molecule has 196 valence electrons. The molecule has 0 fully saturated rings. The van der Waals surface area contributed by atoms with Crippen molar-refractivity contribution < 1.29 is 19.2 Å². The molecule has 0 atom stereocenters. The van der Waals surface area contributed by atoms with Gasteiger partial charge in [0.1, 0.15) is 0 Å². The maximum atomic E-state index is 9.60. The predicted molar refractivity (Wildman–Crippen MR) is 166 cm³/mol. The van der Waals surface area contributed by atoms with Crippen molar-refractivity contribution in [3.05, 3.63) is 107 Å². The fourth-order valence-corrected chi connectivity index (χ4v) is 5.94. The second-order valence-corrected chi connectivity index (χ2v) is 11.4. The minimum Gasteiger partial charge on any atom is -0.335 e. The number of nitrogens with zero attached hydrogens (tertiary/aromatic N) is 1. The first-order valence-corrected chi connectivity index (χ1v) is 12.8. The van der Waals surface area contributed by atoms with E-state index < -0.39 is 50.1 Å². The third-order valence-electron chi connectivity index (χ3n) is 7.48. The van der Waals surface area contributed by atoms with Crippen molar-refractivity contribution in [3.63, 3.8) is 0 Å². The molecular formula is C37H43N. The minimum absolute atomic E-state index is 0.0262. The van der Waals surface area contributed by atoms with Crippen LogP contribution in [0.3, 0.4) is 0 Å². The number of hydrogen-bond donors (Lipinski definition) is 0. The van der Waals surface area contributed by atoms with Gasteiger partial charge >= 0.3 is 0 Å². The Labute approximate surface area is 250 Å². The summed E-state index contributed by atoms with van der Waals surface area (Å²) in [7, 11) is 0. The van der Waals surface area contributed by atoms with Crippen LogP contribution in [0.5, 0.6) is 0 Å². The van der Waals surface area contributed by atoms with Crippen LogP contribution in [0.15, 0.2) is 84.9 Å². The smallest absolute Gasteiger partial charge is 0.0498 e. The standard InChI is InChI=1S/C37H43N/c1-24(2)27-22-23-30-29-18-13-14-20-31(29)37(8,9)34(30)35(27)38(36(5,6)7)32-21-15-19-28(33(32)25(3)4)26-16-11-10-12-17-26/h10-25H,1-9H3/i1D3,2D3,3D3,4D3,24D,25D. The van der Waals surface area contributed by atoms with Crippen molar-refractivity contribution in [2.24, 2.45) is 0 Å². The van der Waals surface area contributed by atoms with Crippen molar-refractivity contribution in [2.75, 3.05) is 4.90 Å². The number of fused-ring (bicyclic) bond motifs is 3. The van der Waals surface area contributed by atoms with Crippen LogP contribution in [0.4, 0.5) is 11.4 Å². The molecule has 0 saturated heterocycles. The maximum Gasteiger partial charge on any atom is 0.0498 e. The van der Waals surface area contributed by atoms with Crippen molar-refractivity contribution in [2.45, 2.75) is 84.8 Å². The van der Waals surface area contributed by atoms with Crippen LogP contribution in [0.25, 0.3) is 22.3 Å². The van der Waals surface area contributed by atoms with Crippen LogP contribution in [-0.2, 0) is 5.41 Å². The predicted octanol–water partition coefficient (Wildman–Crippen LogP) is 10.8. The molecule has 5 rings (SSSR count). The van der Waals surface area contributed by atoms with Gasteiger partial charge in [0, 0.05) is 41.5 Å². The van der Waals surface area contributed by atoms with E-state index in [4.69, 9.17) is 16.4 Å². The number of rotatable bonds is 5. The third kappa shape index (κ3) is 4.17. The summed E-state index contributed by atoms with van der Waals surface area (Å²) in [5.74, 6) is -6.45. The zero-order valence-corrected chi connectivity index (χ0v) is 22.5. The molecule has 0 heterocycles. The van der Waals surface area contributed by atoms with Crippen LogP contribution >= 0.6 is 0 Å². The summed E-state index contributed by atoms with van der Waals surface area (Å²) in [6, 6.07) is 23.6. The van der Waals surface area contributed by atoms with Gasteiger partial charge in [0.25, 0.3) is 0 Å². The Balaban J connectivity index is 2.11. The van der Waals surface area contributed by atoms with E-state index in [0.717, 1.165) is 11.1 Å². The molecule has 0 N–H and O–H groups in total. The first kappa shape index (κ1) is 14.2. The molecular weight excluding hydrogens is 458 g/mol. The van der Waals surface area contributed by atoms with Gasteiger partial charge in [0.15, 0.2) is 0 Å². The van der Waals surface area contributed by atoms with Gasteiger partial charge in [-0.25, -0.2) is 0 Å². The van der Waals surface area contributed by atoms with Gasteiger partial charge in [-0.05, 0) is 83.1 Å². The summed E-state index contributed by atoms with van der Waals surface area (Å²) in [6.45, 7) is -4.59. The lowest BCUT2D eigenvalue weighted by Gasteiger charge is -2.44. The molecule has 1 aliphatic carbocycles. The summed E-state index contributed by atoms with van der Waals surface area (Å²) in [5.41, 5.74) is 0.533. The minimum atomic E-state index is -3.42. The number of hydrogen-bond acceptors (Lipinski definition) is 1. The van der Waals surface area contributed by atoms with Gasteiger partial charge in [-0.1, -0.05) is 120 Å². The molecule has 0 aliphatic heterocycles. The van der Waals surface area contributed by atoms with Crippen LogP contribution in [0.1, 0.15) is 115 Å². The molecule has 38 heavy (non-hydrogen) atoms. The Bertz CT molecular complexity index is 1950. The SMILES string of the molecule is [2H]C([2H])([2H])C([2H])(c1ccc2c(c1N(c1cccc(-c3ccccc3)c1C([2H])(C([2H])([2H])[2H])C([2H])([2H])[2H])C(C)(C)C)C(C)(C)c1ccccc1-2)C([2H])([2H])[2H]. The molecule has 0 bridgehead atoms. The van der Waals surface area contributed by atoms with Crippen LogP contribution in [-0.4, -0.2) is 5.54 Å². The second-order valence-electron chi connectivity index (χ2n) is 11.4. The maximum absolute atomic E-state index is 9.60. The summed E-state index contributed by atoms with van der Waals surface area (Å²) >= 11 is 0. The molecule has 0 saturated carbocycles. The lowest BCUT2D eigenvalue weighted by atomic mass is 9.78. The van der Waals surface area contributed by atoms with Crippen molar-refractivity contribution in [1.82, 2.24) is 0 Å². The largest absolute Gasteiger partial charge is 0.335 e. The molecule has 4 aromatic rings. The highest BCUT2D eigenvalue weighted by Gasteiger charge is 2.42. The molecule has 1 aliphatic rings. The van der Waals surface area contributed by atoms with Gasteiger partial charge in [-0.3, -0.25) is 0 Å². The van der Waals surface area contributed by atoms with E-state index >= 15 is 0 Å². The van der Waals surface area contributed by atoms with Gasteiger partial charge in [-0.2, -0.15) is 0 Å². The first-order valence-electron chi connectivity index (χ1n) is 19.8. The molecule has 0 amide bonds. The van der Waals surface area contributed by atoms with E-state index in [-0.39, 0.29) is 28.1 Å². The molecule has 4 aromatic carbocycles. The highest BCUT2D eigenvalue weighted by molar-refractivity contribution is 5.91. The van der Waals surface area contributed by atoms with Gasteiger partial charge < -0.3 is 4.90 Å². The highest BCUT2D eigenvalue weighted by Crippen LogP contribution is 2.56.